The van der Waals surface area contributed by atoms with E-state index in [1.807, 2.05) is 12.2 Å². The Hall–Kier alpha value is -1.13. The SMILES string of the molecule is C1=CC=[C-]C=1c1c[cH+]1. The van der Waals surface area contributed by atoms with Crippen molar-refractivity contribution in [2.24, 2.45) is 0 Å². The first kappa shape index (κ1) is 3.82. The van der Waals surface area contributed by atoms with Gasteiger partial charge < -0.3 is 0 Å². The summed E-state index contributed by atoms with van der Waals surface area (Å²) in [6.07, 6.45) is 6.80. The molecule has 0 atom stereocenters. The molecular weight excluding hydrogens is 96.1 g/mol. The molecule has 0 saturated carbocycles. The van der Waals surface area contributed by atoms with Gasteiger partial charge in [-0.3, -0.25) is 0 Å². The molecule has 8 heavy (non-hydrogen) atoms. The molecule has 1 aromatic rings. The third-order valence-electron chi connectivity index (χ3n) is 1.16. The molecule has 1 aliphatic rings. The van der Waals surface area contributed by atoms with Crippen LogP contribution in [0.2, 0.25) is 0 Å². The van der Waals surface area contributed by atoms with Gasteiger partial charge in [0.2, 0.25) is 0 Å². The normalized spacial score (nSPS) is 15.8. The van der Waals surface area contributed by atoms with Crippen molar-refractivity contribution in [1.82, 2.24) is 0 Å². The van der Waals surface area contributed by atoms with Crippen molar-refractivity contribution >= 4 is 5.57 Å². The molecule has 0 heteroatoms. The summed E-state index contributed by atoms with van der Waals surface area (Å²) in [6.45, 7) is 0. The van der Waals surface area contributed by atoms with Crippen LogP contribution in [0.4, 0.5) is 0 Å². The van der Waals surface area contributed by atoms with Crippen LogP contribution in [-0.2, 0) is 0 Å². The lowest BCUT2D eigenvalue weighted by molar-refractivity contribution is 1.93. The Kier molecular flexibility index (Phi) is 0.563. The zero-order valence-corrected chi connectivity index (χ0v) is 4.31. The van der Waals surface area contributed by atoms with E-state index in [9.17, 15) is 0 Å². The van der Waals surface area contributed by atoms with Crippen LogP contribution in [0.15, 0.2) is 30.0 Å². The molecule has 2 rings (SSSR count). The molecule has 0 fully saturated rings. The van der Waals surface area contributed by atoms with Crippen molar-refractivity contribution < 1.29 is 0 Å². The fourth-order valence-corrected chi connectivity index (χ4v) is 0.667. The Labute approximate surface area is 48.2 Å². The summed E-state index contributed by atoms with van der Waals surface area (Å²) < 4.78 is 0. The highest BCUT2D eigenvalue weighted by molar-refractivity contribution is 5.76. The van der Waals surface area contributed by atoms with Crippen LogP contribution in [0.25, 0.3) is 5.57 Å². The second-order valence-corrected chi connectivity index (χ2v) is 1.79. The minimum atomic E-state index is 1.10. The Morgan fingerprint density at radius 1 is 1.62 bits per heavy atom. The van der Waals surface area contributed by atoms with Crippen molar-refractivity contribution in [2.45, 2.75) is 0 Å². The second-order valence-electron chi connectivity index (χ2n) is 1.79. The fourth-order valence-electron chi connectivity index (χ4n) is 0.667. The highest BCUT2D eigenvalue weighted by Gasteiger charge is 2.11. The lowest BCUT2D eigenvalue weighted by Crippen LogP contribution is -1.58. The third kappa shape index (κ3) is 0.440. The number of allylic oxidation sites excluding steroid dienone is 3. The van der Waals surface area contributed by atoms with E-state index >= 15 is 0 Å². The van der Waals surface area contributed by atoms with Gasteiger partial charge in [-0.15, -0.1) is 12.2 Å². The van der Waals surface area contributed by atoms with E-state index in [1.54, 1.807) is 0 Å². The van der Waals surface area contributed by atoms with Crippen LogP contribution in [-0.4, -0.2) is 0 Å². The minimum absolute atomic E-state index is 1.10. The van der Waals surface area contributed by atoms with Crippen LogP contribution in [0.3, 0.4) is 0 Å². The van der Waals surface area contributed by atoms with Gasteiger partial charge in [-0.25, -0.2) is 5.73 Å². The fraction of sp³-hybridized carbons (Fsp3) is 0. The maximum Gasteiger partial charge on any atom is 0.167 e. The predicted octanol–water partition coefficient (Wildman–Crippen LogP) is 1.75. The smallest absolute Gasteiger partial charge is 0.167 e. The van der Waals surface area contributed by atoms with E-state index in [0.717, 1.165) is 5.57 Å². The molecule has 0 N–H and O–H groups in total. The summed E-state index contributed by atoms with van der Waals surface area (Å²) in [5, 5.41) is 0. The molecular formula is C8H4. The average molecular weight is 100 g/mol. The van der Waals surface area contributed by atoms with E-state index in [2.05, 4.69) is 23.9 Å². The second kappa shape index (κ2) is 1.18. The lowest BCUT2D eigenvalue weighted by Gasteiger charge is -1.73. The lowest BCUT2D eigenvalue weighted by atomic mass is 10.2. The van der Waals surface area contributed by atoms with Gasteiger partial charge in [0.05, 0.1) is 0 Å². The monoisotopic (exact) mass is 100 g/mol. The van der Waals surface area contributed by atoms with Crippen molar-refractivity contribution in [3.05, 3.63) is 41.7 Å². The summed E-state index contributed by atoms with van der Waals surface area (Å²) in [6, 6.07) is 4.12. The first-order valence-corrected chi connectivity index (χ1v) is 2.57. The topological polar surface area (TPSA) is 0 Å². The van der Waals surface area contributed by atoms with Crippen LogP contribution < -0.4 is 0 Å². The Morgan fingerprint density at radius 3 is 3.00 bits per heavy atom. The zero-order chi connectivity index (χ0) is 5.40. The Balaban J connectivity index is 2.45. The molecule has 0 nitrogen and oxygen atoms in total. The van der Waals surface area contributed by atoms with Gasteiger partial charge in [0.1, 0.15) is 12.1 Å². The van der Waals surface area contributed by atoms with Gasteiger partial charge in [-0.2, -0.15) is 0 Å². The molecule has 1 aliphatic carbocycles. The van der Waals surface area contributed by atoms with Gasteiger partial charge in [0, 0.05) is 5.57 Å². The van der Waals surface area contributed by atoms with Crippen molar-refractivity contribution in [3.8, 4) is 0 Å². The molecule has 0 unspecified atom stereocenters. The first-order chi connectivity index (χ1) is 3.97. The van der Waals surface area contributed by atoms with Crippen molar-refractivity contribution in [2.75, 3.05) is 0 Å². The highest BCUT2D eigenvalue weighted by atomic mass is 14.0. The van der Waals surface area contributed by atoms with E-state index in [1.165, 1.54) is 5.56 Å². The van der Waals surface area contributed by atoms with E-state index < -0.39 is 0 Å². The average Bonchev–Trinajstić information content (AvgIpc) is 2.49. The minimum Gasteiger partial charge on any atom is -0.213 e. The van der Waals surface area contributed by atoms with Gasteiger partial charge >= 0.3 is 0 Å². The van der Waals surface area contributed by atoms with Crippen molar-refractivity contribution in [1.29, 1.82) is 0 Å². The summed E-state index contributed by atoms with van der Waals surface area (Å²) in [5.41, 5.74) is 5.42. The van der Waals surface area contributed by atoms with Gasteiger partial charge in [0.25, 0.3) is 0 Å². The summed E-state index contributed by atoms with van der Waals surface area (Å²) in [4.78, 5) is 0. The Bertz CT molecular complexity index is 246. The molecule has 0 aliphatic heterocycles. The highest BCUT2D eigenvalue weighted by Crippen LogP contribution is 2.21. The van der Waals surface area contributed by atoms with Gasteiger partial charge in [-0.05, 0) is 0 Å². The number of hydrogen-bond donors (Lipinski definition) is 0. The summed E-state index contributed by atoms with van der Waals surface area (Å²) >= 11 is 0. The molecule has 0 bridgehead atoms. The van der Waals surface area contributed by atoms with E-state index in [0.29, 0.717) is 0 Å². The number of rotatable bonds is 1. The summed E-state index contributed by atoms with van der Waals surface area (Å²) in [5.74, 6) is 0. The predicted molar refractivity (Wildman–Crippen MR) is 32.5 cm³/mol. The molecule has 0 saturated heterocycles. The molecule has 0 heterocycles. The van der Waals surface area contributed by atoms with E-state index in [4.69, 9.17) is 0 Å². The molecule has 0 spiro atoms. The van der Waals surface area contributed by atoms with Crippen LogP contribution in [0, 0.1) is 6.08 Å². The molecule has 0 aromatic heterocycles. The van der Waals surface area contributed by atoms with Crippen LogP contribution in [0.1, 0.15) is 5.56 Å². The Morgan fingerprint density at radius 2 is 2.50 bits per heavy atom. The standard InChI is InChI=1S/C8H4/c1-2-4-7(3-1)8-5-6-8/h1-2,5-6H. The molecule has 1 aromatic carbocycles. The van der Waals surface area contributed by atoms with E-state index in [-0.39, 0.29) is 0 Å². The first-order valence-electron chi connectivity index (χ1n) is 2.57. The summed E-state index contributed by atoms with van der Waals surface area (Å²) in [7, 11) is 0. The third-order valence-corrected chi connectivity index (χ3v) is 1.16. The van der Waals surface area contributed by atoms with Crippen LogP contribution >= 0.6 is 0 Å². The van der Waals surface area contributed by atoms with Crippen molar-refractivity contribution in [3.63, 3.8) is 0 Å². The van der Waals surface area contributed by atoms with Crippen LogP contribution in [0.5, 0.6) is 0 Å². The number of hydrogen-bond acceptors (Lipinski definition) is 0. The molecule has 0 amide bonds. The van der Waals surface area contributed by atoms with Gasteiger partial charge in [0.15, 0.2) is 5.56 Å². The quantitative estimate of drug-likeness (QED) is 0.372. The maximum absolute atomic E-state index is 3.04. The molecule has 0 radical (unpaired) electrons. The maximum atomic E-state index is 3.04. The molecule has 36 valence electrons. The van der Waals surface area contributed by atoms with Gasteiger partial charge in [-0.1, -0.05) is 6.08 Å². The zero-order valence-electron chi connectivity index (χ0n) is 4.31. The largest absolute Gasteiger partial charge is 0.213 e.